The lowest BCUT2D eigenvalue weighted by Crippen LogP contribution is -2.33. The van der Waals surface area contributed by atoms with E-state index in [1.165, 1.54) is 5.56 Å². The smallest absolute Gasteiger partial charge is 0.118 e. The van der Waals surface area contributed by atoms with E-state index in [0.29, 0.717) is 17.9 Å². The van der Waals surface area contributed by atoms with E-state index >= 15 is 0 Å². The highest BCUT2D eigenvalue weighted by molar-refractivity contribution is 5.27. The van der Waals surface area contributed by atoms with Crippen LogP contribution in [0.15, 0.2) is 24.3 Å². The maximum Gasteiger partial charge on any atom is 0.118 e. The van der Waals surface area contributed by atoms with Gasteiger partial charge in [0.15, 0.2) is 0 Å². The summed E-state index contributed by atoms with van der Waals surface area (Å²) < 4.78 is 5.14. The number of nitrogens with two attached hydrogens (primary N) is 1. The summed E-state index contributed by atoms with van der Waals surface area (Å²) in [5, 5.41) is 0. The Labute approximate surface area is 105 Å². The van der Waals surface area contributed by atoms with Crippen LogP contribution in [-0.2, 0) is 6.42 Å². The molecule has 1 aromatic carbocycles. The molecule has 0 spiro atoms. The van der Waals surface area contributed by atoms with Crippen LogP contribution in [0.4, 0.5) is 0 Å². The molecule has 0 bridgehead atoms. The molecule has 0 aliphatic rings. The van der Waals surface area contributed by atoms with Crippen molar-refractivity contribution in [1.29, 1.82) is 0 Å². The van der Waals surface area contributed by atoms with Crippen LogP contribution in [0.1, 0.15) is 32.8 Å². The molecule has 0 aliphatic carbocycles. The third-order valence-corrected chi connectivity index (χ3v) is 3.47. The molecule has 2 unspecified atom stereocenters. The summed E-state index contributed by atoms with van der Waals surface area (Å²) in [7, 11) is 1.69. The van der Waals surface area contributed by atoms with Crippen molar-refractivity contribution in [2.75, 3.05) is 7.11 Å². The SMILES string of the molecule is COc1ccc(CCC(C)C(N)C(C)C)cc1. The molecule has 2 N–H and O–H groups in total. The third kappa shape index (κ3) is 4.39. The van der Waals surface area contributed by atoms with Crippen molar-refractivity contribution < 1.29 is 4.74 Å². The second-order valence-corrected chi connectivity index (χ2v) is 5.19. The van der Waals surface area contributed by atoms with Crippen LogP contribution in [0.2, 0.25) is 0 Å². The summed E-state index contributed by atoms with van der Waals surface area (Å²) in [6.07, 6.45) is 2.23. The predicted molar refractivity (Wildman–Crippen MR) is 73.3 cm³/mol. The zero-order valence-corrected chi connectivity index (χ0v) is 11.4. The van der Waals surface area contributed by atoms with E-state index in [-0.39, 0.29) is 0 Å². The molecular weight excluding hydrogens is 210 g/mol. The molecule has 2 nitrogen and oxygen atoms in total. The minimum absolute atomic E-state index is 0.299. The average Bonchev–Trinajstić information content (AvgIpc) is 2.35. The van der Waals surface area contributed by atoms with E-state index in [0.717, 1.165) is 18.6 Å². The molecule has 0 saturated heterocycles. The molecule has 2 atom stereocenters. The van der Waals surface area contributed by atoms with Crippen LogP contribution < -0.4 is 10.5 Å². The highest BCUT2D eigenvalue weighted by Crippen LogP contribution is 2.18. The summed E-state index contributed by atoms with van der Waals surface area (Å²) >= 11 is 0. The molecular formula is C15H25NO. The maximum atomic E-state index is 6.15. The quantitative estimate of drug-likeness (QED) is 0.821. The summed E-state index contributed by atoms with van der Waals surface area (Å²) in [6.45, 7) is 6.62. The van der Waals surface area contributed by atoms with Crippen LogP contribution in [-0.4, -0.2) is 13.2 Å². The normalized spacial score (nSPS) is 14.7. The molecule has 0 aromatic heterocycles. The van der Waals surface area contributed by atoms with Gasteiger partial charge in [-0.05, 0) is 42.4 Å². The zero-order valence-electron chi connectivity index (χ0n) is 11.4. The lowest BCUT2D eigenvalue weighted by molar-refractivity contribution is 0.346. The zero-order chi connectivity index (χ0) is 12.8. The van der Waals surface area contributed by atoms with E-state index in [1.807, 2.05) is 12.1 Å². The first-order chi connectivity index (χ1) is 8.04. The molecule has 1 rings (SSSR count). The molecule has 1 aromatic rings. The first-order valence-corrected chi connectivity index (χ1v) is 6.43. The van der Waals surface area contributed by atoms with Crippen molar-refractivity contribution in [3.63, 3.8) is 0 Å². The van der Waals surface area contributed by atoms with Crippen LogP contribution >= 0.6 is 0 Å². The number of methoxy groups -OCH3 is 1. The minimum Gasteiger partial charge on any atom is -0.497 e. The number of rotatable bonds is 6. The Kier molecular flexibility index (Phi) is 5.49. The van der Waals surface area contributed by atoms with Crippen molar-refractivity contribution in [3.8, 4) is 5.75 Å². The molecule has 0 amide bonds. The summed E-state index contributed by atoms with van der Waals surface area (Å²) in [4.78, 5) is 0. The van der Waals surface area contributed by atoms with Crippen LogP contribution in [0.5, 0.6) is 5.75 Å². The van der Waals surface area contributed by atoms with Gasteiger partial charge in [-0.3, -0.25) is 0 Å². The molecule has 0 fully saturated rings. The summed E-state index contributed by atoms with van der Waals surface area (Å²) in [5.41, 5.74) is 7.50. The van der Waals surface area contributed by atoms with Crippen molar-refractivity contribution >= 4 is 0 Å². The topological polar surface area (TPSA) is 35.2 Å². The predicted octanol–water partition coefficient (Wildman–Crippen LogP) is 3.25. The number of hydrogen-bond donors (Lipinski definition) is 1. The average molecular weight is 235 g/mol. The van der Waals surface area contributed by atoms with Gasteiger partial charge >= 0.3 is 0 Å². The number of hydrogen-bond acceptors (Lipinski definition) is 2. The molecule has 0 heterocycles. The van der Waals surface area contributed by atoms with Gasteiger partial charge in [0.1, 0.15) is 5.75 Å². The highest BCUT2D eigenvalue weighted by Gasteiger charge is 2.15. The molecule has 2 heteroatoms. The minimum atomic E-state index is 0.299. The fourth-order valence-corrected chi connectivity index (χ4v) is 2.04. The standard InChI is InChI=1S/C15H25NO/c1-11(2)15(16)12(3)5-6-13-7-9-14(17-4)10-8-13/h7-12,15H,5-6,16H2,1-4H3. The second-order valence-electron chi connectivity index (χ2n) is 5.19. The van der Waals surface area contributed by atoms with Crippen LogP contribution in [0, 0.1) is 11.8 Å². The van der Waals surface area contributed by atoms with Gasteiger partial charge in [-0.2, -0.15) is 0 Å². The maximum absolute atomic E-state index is 6.15. The number of benzene rings is 1. The first kappa shape index (κ1) is 14.0. The van der Waals surface area contributed by atoms with E-state index < -0.39 is 0 Å². The highest BCUT2D eigenvalue weighted by atomic mass is 16.5. The number of ether oxygens (including phenoxy) is 1. The van der Waals surface area contributed by atoms with Gasteiger partial charge in [-0.1, -0.05) is 32.9 Å². The Morgan fingerprint density at radius 2 is 1.71 bits per heavy atom. The van der Waals surface area contributed by atoms with Crippen molar-refractivity contribution in [1.82, 2.24) is 0 Å². The lowest BCUT2D eigenvalue weighted by Gasteiger charge is -2.23. The van der Waals surface area contributed by atoms with Gasteiger partial charge < -0.3 is 10.5 Å². The summed E-state index contributed by atoms with van der Waals surface area (Å²) in [6, 6.07) is 8.59. The molecule has 17 heavy (non-hydrogen) atoms. The van der Waals surface area contributed by atoms with Gasteiger partial charge in [0, 0.05) is 6.04 Å². The van der Waals surface area contributed by atoms with E-state index in [2.05, 4.69) is 32.9 Å². The molecule has 96 valence electrons. The number of aryl methyl sites for hydroxylation is 1. The van der Waals surface area contributed by atoms with Gasteiger partial charge in [0.05, 0.1) is 7.11 Å². The van der Waals surface area contributed by atoms with Crippen molar-refractivity contribution in [3.05, 3.63) is 29.8 Å². The lowest BCUT2D eigenvalue weighted by atomic mass is 9.88. The second kappa shape index (κ2) is 6.65. The van der Waals surface area contributed by atoms with Gasteiger partial charge in [0.25, 0.3) is 0 Å². The Balaban J connectivity index is 2.44. The molecule has 0 aliphatic heterocycles. The Bertz CT molecular complexity index is 318. The first-order valence-electron chi connectivity index (χ1n) is 6.43. The monoisotopic (exact) mass is 235 g/mol. The van der Waals surface area contributed by atoms with Crippen LogP contribution in [0.3, 0.4) is 0 Å². The largest absolute Gasteiger partial charge is 0.497 e. The molecule has 0 radical (unpaired) electrons. The Morgan fingerprint density at radius 3 is 2.18 bits per heavy atom. The van der Waals surface area contributed by atoms with Crippen molar-refractivity contribution in [2.45, 2.75) is 39.7 Å². The van der Waals surface area contributed by atoms with E-state index in [9.17, 15) is 0 Å². The fourth-order valence-electron chi connectivity index (χ4n) is 2.04. The van der Waals surface area contributed by atoms with Crippen molar-refractivity contribution in [2.24, 2.45) is 17.6 Å². The van der Waals surface area contributed by atoms with Gasteiger partial charge in [-0.15, -0.1) is 0 Å². The van der Waals surface area contributed by atoms with E-state index in [4.69, 9.17) is 10.5 Å². The fraction of sp³-hybridized carbons (Fsp3) is 0.600. The Hall–Kier alpha value is -1.02. The van der Waals surface area contributed by atoms with Gasteiger partial charge in [-0.25, -0.2) is 0 Å². The summed E-state index contributed by atoms with van der Waals surface area (Å²) in [5.74, 6) is 2.04. The van der Waals surface area contributed by atoms with E-state index in [1.54, 1.807) is 7.11 Å². The third-order valence-electron chi connectivity index (χ3n) is 3.47. The Morgan fingerprint density at radius 1 is 1.12 bits per heavy atom. The molecule has 0 saturated carbocycles. The van der Waals surface area contributed by atoms with Gasteiger partial charge in [0.2, 0.25) is 0 Å². The van der Waals surface area contributed by atoms with Crippen LogP contribution in [0.25, 0.3) is 0 Å².